The highest BCUT2D eigenvalue weighted by Gasteiger charge is 2.45. The third-order valence-electron chi connectivity index (χ3n) is 7.48. The predicted molar refractivity (Wildman–Crippen MR) is 135 cm³/mol. The average Bonchev–Trinajstić information content (AvgIpc) is 3.27. The first-order valence-electron chi connectivity index (χ1n) is 12.0. The lowest BCUT2D eigenvalue weighted by Gasteiger charge is -2.31. The van der Waals surface area contributed by atoms with Crippen molar-refractivity contribution < 1.29 is 14.6 Å². The van der Waals surface area contributed by atoms with Crippen LogP contribution < -0.4 is 10.5 Å². The maximum Gasteiger partial charge on any atom is 0.343 e. The van der Waals surface area contributed by atoms with Crippen LogP contribution in [0.25, 0.3) is 22.3 Å². The van der Waals surface area contributed by atoms with E-state index in [-0.39, 0.29) is 18.6 Å². The highest BCUT2D eigenvalue weighted by atomic mass is 16.6. The van der Waals surface area contributed by atoms with Crippen LogP contribution in [-0.4, -0.2) is 27.0 Å². The van der Waals surface area contributed by atoms with Crippen molar-refractivity contribution in [1.82, 2.24) is 9.55 Å². The van der Waals surface area contributed by atoms with Gasteiger partial charge in [-0.25, -0.2) is 14.8 Å². The molecule has 3 aliphatic rings. The van der Waals surface area contributed by atoms with E-state index in [4.69, 9.17) is 9.72 Å². The van der Waals surface area contributed by atoms with Gasteiger partial charge in [0.2, 0.25) is 0 Å². The predicted octanol–water partition coefficient (Wildman–Crippen LogP) is 3.76. The van der Waals surface area contributed by atoms with Gasteiger partial charge in [-0.05, 0) is 30.2 Å². The van der Waals surface area contributed by atoms with Gasteiger partial charge in [0.05, 0.1) is 52.1 Å². The van der Waals surface area contributed by atoms with Crippen LogP contribution >= 0.6 is 0 Å². The van der Waals surface area contributed by atoms with E-state index in [0.717, 1.165) is 33.4 Å². The van der Waals surface area contributed by atoms with E-state index in [1.165, 1.54) is 0 Å². The maximum atomic E-state index is 13.6. The minimum Gasteiger partial charge on any atom is -0.458 e. The summed E-state index contributed by atoms with van der Waals surface area (Å²) in [6.45, 7) is 2.50. The van der Waals surface area contributed by atoms with Crippen molar-refractivity contribution in [3.05, 3.63) is 87.2 Å². The Labute approximate surface area is 206 Å². The first kappa shape index (κ1) is 21.0. The van der Waals surface area contributed by atoms with Gasteiger partial charge < -0.3 is 19.3 Å². The molecule has 178 valence electrons. The highest BCUT2D eigenvalue weighted by Crippen LogP contribution is 2.46. The number of esters is 1. The summed E-state index contributed by atoms with van der Waals surface area (Å²) in [7, 11) is 0. The van der Waals surface area contributed by atoms with Gasteiger partial charge in [-0.2, -0.15) is 0 Å². The molecule has 0 bridgehead atoms. The SMILES string of the molecule is CC[C@@]1(O)C(=O)OCc2c1cc1n(c2=O)Cc2c-1nc1cccc3c1c2N(Cc1ccccc1)C=N3. The highest BCUT2D eigenvalue weighted by molar-refractivity contribution is 6.11. The molecule has 3 aliphatic heterocycles. The van der Waals surface area contributed by atoms with Gasteiger partial charge in [0.1, 0.15) is 6.61 Å². The molecule has 0 aliphatic carbocycles. The van der Waals surface area contributed by atoms with Crippen LogP contribution in [-0.2, 0) is 34.8 Å². The van der Waals surface area contributed by atoms with Crippen molar-refractivity contribution in [3.63, 3.8) is 0 Å². The second kappa shape index (κ2) is 7.35. The Morgan fingerprint density at radius 1 is 1.08 bits per heavy atom. The summed E-state index contributed by atoms with van der Waals surface area (Å²) in [6, 6.07) is 17.7. The molecule has 8 heteroatoms. The van der Waals surface area contributed by atoms with Crippen LogP contribution in [0, 0.1) is 0 Å². The lowest BCUT2D eigenvalue weighted by Crippen LogP contribution is -2.44. The summed E-state index contributed by atoms with van der Waals surface area (Å²) < 4.78 is 6.88. The summed E-state index contributed by atoms with van der Waals surface area (Å²) in [5.74, 6) is -0.725. The number of ether oxygens (including phenoxy) is 1. The minimum absolute atomic E-state index is 0.107. The van der Waals surface area contributed by atoms with Crippen LogP contribution in [0.15, 0.2) is 64.4 Å². The molecule has 0 radical (unpaired) electrons. The van der Waals surface area contributed by atoms with E-state index in [0.29, 0.717) is 35.6 Å². The van der Waals surface area contributed by atoms with Crippen molar-refractivity contribution in [2.75, 3.05) is 4.90 Å². The van der Waals surface area contributed by atoms with Gasteiger partial charge in [0, 0.05) is 17.7 Å². The van der Waals surface area contributed by atoms with Crippen molar-refractivity contribution in [1.29, 1.82) is 0 Å². The molecule has 5 heterocycles. The molecule has 2 aromatic heterocycles. The number of nitrogens with zero attached hydrogens (tertiary/aromatic N) is 4. The first-order valence-corrected chi connectivity index (χ1v) is 12.0. The monoisotopic (exact) mass is 478 g/mol. The number of rotatable bonds is 3. The van der Waals surface area contributed by atoms with Gasteiger partial charge in [0.15, 0.2) is 5.60 Å². The Morgan fingerprint density at radius 3 is 2.72 bits per heavy atom. The Kier molecular flexibility index (Phi) is 4.29. The molecule has 0 fully saturated rings. The Morgan fingerprint density at radius 2 is 1.92 bits per heavy atom. The van der Waals surface area contributed by atoms with E-state index in [9.17, 15) is 14.7 Å². The molecule has 36 heavy (non-hydrogen) atoms. The molecular formula is C28H22N4O4. The molecule has 0 amide bonds. The second-order valence-corrected chi connectivity index (χ2v) is 9.42. The van der Waals surface area contributed by atoms with Gasteiger partial charge >= 0.3 is 5.97 Å². The van der Waals surface area contributed by atoms with Crippen molar-refractivity contribution >= 4 is 34.6 Å². The molecule has 8 nitrogen and oxygen atoms in total. The molecule has 0 saturated heterocycles. The zero-order valence-electron chi connectivity index (χ0n) is 19.6. The Hall–Kier alpha value is -4.30. The zero-order valence-corrected chi connectivity index (χ0v) is 19.6. The molecule has 2 aromatic carbocycles. The number of carbonyl (C=O) groups is 1. The number of cyclic esters (lactones) is 1. The molecule has 1 N–H and O–H groups in total. The molecule has 0 spiro atoms. The summed E-state index contributed by atoms with van der Waals surface area (Å²) in [5.41, 5.74) is 4.44. The van der Waals surface area contributed by atoms with E-state index in [2.05, 4.69) is 22.0 Å². The molecule has 4 aromatic rings. The number of aliphatic hydroxyl groups is 1. The zero-order chi connectivity index (χ0) is 24.6. The number of hydrogen-bond acceptors (Lipinski definition) is 7. The minimum atomic E-state index is -1.85. The van der Waals surface area contributed by atoms with Crippen LogP contribution in [0.4, 0.5) is 11.4 Å². The summed E-state index contributed by atoms with van der Waals surface area (Å²) in [5, 5.41) is 12.1. The first-order chi connectivity index (χ1) is 17.5. The topological polar surface area (TPSA) is 97.0 Å². The molecular weight excluding hydrogens is 456 g/mol. The number of benzene rings is 2. The molecule has 1 atom stereocenters. The van der Waals surface area contributed by atoms with Crippen molar-refractivity contribution in [3.8, 4) is 11.4 Å². The number of fused-ring (bicyclic) bond motifs is 5. The normalized spacial score (nSPS) is 19.2. The summed E-state index contributed by atoms with van der Waals surface area (Å²) in [6.07, 6.45) is 1.94. The van der Waals surface area contributed by atoms with E-state index in [1.54, 1.807) is 17.6 Å². The Balaban J connectivity index is 1.48. The molecule has 7 rings (SSSR count). The largest absolute Gasteiger partial charge is 0.458 e. The fourth-order valence-corrected chi connectivity index (χ4v) is 5.60. The molecule has 0 unspecified atom stereocenters. The Bertz CT molecular complexity index is 1690. The quantitative estimate of drug-likeness (QED) is 0.397. The summed E-state index contributed by atoms with van der Waals surface area (Å²) >= 11 is 0. The standard InChI is InChI=1S/C28H22N4O4/c1-2-28(35)19-11-22-24-17(13-32(22)26(33)18(19)14-36-27(28)34)25-23-20(9-6-10-21(23)30-24)29-15-31(25)12-16-7-4-3-5-8-16/h3-11,15,35H,2,12-14H2,1H3/t28-/m0/s1. The van der Waals surface area contributed by atoms with Crippen molar-refractivity contribution in [2.45, 2.75) is 38.6 Å². The van der Waals surface area contributed by atoms with Crippen LogP contribution in [0.3, 0.4) is 0 Å². The van der Waals surface area contributed by atoms with Gasteiger partial charge in [-0.3, -0.25) is 4.79 Å². The van der Waals surface area contributed by atoms with Crippen LogP contribution in [0.1, 0.15) is 35.6 Å². The number of carbonyl (C=O) groups excluding carboxylic acids is 1. The molecule has 0 saturated carbocycles. The smallest absolute Gasteiger partial charge is 0.343 e. The van der Waals surface area contributed by atoms with E-state index >= 15 is 0 Å². The number of anilines is 1. The van der Waals surface area contributed by atoms with Gasteiger partial charge in [-0.15, -0.1) is 0 Å². The maximum absolute atomic E-state index is 13.6. The number of aromatic nitrogens is 2. The average molecular weight is 479 g/mol. The lowest BCUT2D eigenvalue weighted by atomic mass is 9.86. The van der Waals surface area contributed by atoms with E-state index < -0.39 is 11.6 Å². The van der Waals surface area contributed by atoms with Gasteiger partial charge in [0.25, 0.3) is 5.56 Å². The van der Waals surface area contributed by atoms with Crippen molar-refractivity contribution in [2.24, 2.45) is 4.99 Å². The van der Waals surface area contributed by atoms with E-state index in [1.807, 2.05) is 42.7 Å². The number of hydrogen-bond donors (Lipinski definition) is 1. The van der Waals surface area contributed by atoms with Crippen LogP contribution in [0.5, 0.6) is 0 Å². The fourth-order valence-electron chi connectivity index (χ4n) is 5.60. The number of pyridine rings is 2. The van der Waals surface area contributed by atoms with Gasteiger partial charge in [-0.1, -0.05) is 43.3 Å². The third kappa shape index (κ3) is 2.73. The lowest BCUT2D eigenvalue weighted by molar-refractivity contribution is -0.172. The van der Waals surface area contributed by atoms with Crippen LogP contribution in [0.2, 0.25) is 0 Å². The third-order valence-corrected chi connectivity index (χ3v) is 7.48. The number of aliphatic imine (C=N–C) groups is 1. The fraction of sp³-hybridized carbons (Fsp3) is 0.214. The second-order valence-electron chi connectivity index (χ2n) is 9.42. The summed E-state index contributed by atoms with van der Waals surface area (Å²) in [4.78, 5) is 37.9.